The smallest absolute Gasteiger partial charge is 0.258 e. The highest BCUT2D eigenvalue weighted by Gasteiger charge is 2.27. The van der Waals surface area contributed by atoms with E-state index in [-0.39, 0.29) is 23.3 Å². The van der Waals surface area contributed by atoms with Crippen molar-refractivity contribution < 1.29 is 13.7 Å². The third-order valence-electron chi connectivity index (χ3n) is 4.94. The fraction of sp³-hybridized carbons (Fsp3) is 0.300. The number of hydrogen-bond donors (Lipinski definition) is 0. The Bertz CT molecular complexity index is 971. The fourth-order valence-electron chi connectivity index (χ4n) is 3.34. The second-order valence-corrected chi connectivity index (χ2v) is 7.17. The van der Waals surface area contributed by atoms with E-state index in [1.165, 1.54) is 12.1 Å². The number of aromatic nitrogens is 3. The lowest BCUT2D eigenvalue weighted by atomic mass is 9.95. The highest BCUT2D eigenvalue weighted by Crippen LogP contribution is 2.28. The molecule has 6 nitrogen and oxygen atoms in total. The minimum atomic E-state index is -0.409. The first-order valence-electron chi connectivity index (χ1n) is 9.06. The van der Waals surface area contributed by atoms with E-state index in [4.69, 9.17) is 16.1 Å². The average Bonchev–Trinajstić information content (AvgIpc) is 3.21. The standard InChI is InChI=1S/C20H18ClFN4O2/c21-17-12-16(22)2-1-15(17)11-18(27)26-9-5-13(6-10-26)19-24-20(28-25-19)14-3-7-23-8-4-14/h1-4,7-8,12-13H,5-6,9-11H2. The van der Waals surface area contributed by atoms with Crippen LogP contribution in [-0.2, 0) is 11.2 Å². The Morgan fingerprint density at radius 2 is 1.96 bits per heavy atom. The van der Waals surface area contributed by atoms with Gasteiger partial charge in [-0.3, -0.25) is 9.78 Å². The van der Waals surface area contributed by atoms with Crippen LogP contribution in [-0.4, -0.2) is 39.0 Å². The van der Waals surface area contributed by atoms with E-state index in [1.54, 1.807) is 23.4 Å². The second-order valence-electron chi connectivity index (χ2n) is 6.76. The number of likely N-dealkylation sites (tertiary alicyclic amines) is 1. The summed E-state index contributed by atoms with van der Waals surface area (Å²) in [7, 11) is 0. The lowest BCUT2D eigenvalue weighted by molar-refractivity contribution is -0.131. The van der Waals surface area contributed by atoms with Crippen molar-refractivity contribution in [2.24, 2.45) is 0 Å². The van der Waals surface area contributed by atoms with E-state index >= 15 is 0 Å². The number of benzene rings is 1. The summed E-state index contributed by atoms with van der Waals surface area (Å²) in [6.45, 7) is 1.23. The van der Waals surface area contributed by atoms with E-state index in [0.717, 1.165) is 18.4 Å². The molecule has 0 bridgehead atoms. The van der Waals surface area contributed by atoms with E-state index in [0.29, 0.717) is 30.4 Å². The molecule has 4 rings (SSSR count). The van der Waals surface area contributed by atoms with Crippen LogP contribution in [0, 0.1) is 5.82 Å². The molecule has 0 unspecified atom stereocenters. The molecule has 0 spiro atoms. The molecule has 1 aliphatic rings. The third-order valence-corrected chi connectivity index (χ3v) is 5.29. The van der Waals surface area contributed by atoms with E-state index in [1.807, 2.05) is 12.1 Å². The van der Waals surface area contributed by atoms with Crippen LogP contribution in [0.3, 0.4) is 0 Å². The molecule has 1 aromatic carbocycles. The summed E-state index contributed by atoms with van der Waals surface area (Å²) in [5, 5.41) is 4.39. The van der Waals surface area contributed by atoms with Gasteiger partial charge in [-0.2, -0.15) is 4.98 Å². The lowest BCUT2D eigenvalue weighted by Crippen LogP contribution is -2.39. The van der Waals surface area contributed by atoms with Crippen molar-refractivity contribution in [2.75, 3.05) is 13.1 Å². The molecule has 0 N–H and O–H groups in total. The van der Waals surface area contributed by atoms with Gasteiger partial charge in [0.15, 0.2) is 5.82 Å². The molecule has 1 saturated heterocycles. The summed E-state index contributed by atoms with van der Waals surface area (Å²) in [4.78, 5) is 22.8. The lowest BCUT2D eigenvalue weighted by Gasteiger charge is -2.30. The molecule has 28 heavy (non-hydrogen) atoms. The number of carbonyl (C=O) groups excluding carboxylic acids is 1. The molecule has 144 valence electrons. The number of halogens is 2. The molecule has 2 aromatic heterocycles. The van der Waals surface area contributed by atoms with Crippen molar-refractivity contribution in [2.45, 2.75) is 25.2 Å². The summed E-state index contributed by atoms with van der Waals surface area (Å²) >= 11 is 6.03. The molecule has 0 saturated carbocycles. The highest BCUT2D eigenvalue weighted by atomic mass is 35.5. The largest absolute Gasteiger partial charge is 0.342 e. The number of nitrogens with zero attached hydrogens (tertiary/aromatic N) is 4. The summed E-state index contributed by atoms with van der Waals surface area (Å²) in [5.74, 6) is 0.867. The molecule has 0 atom stereocenters. The van der Waals surface area contributed by atoms with Crippen LogP contribution >= 0.6 is 11.6 Å². The maximum Gasteiger partial charge on any atom is 0.258 e. The Labute approximate surface area is 166 Å². The zero-order chi connectivity index (χ0) is 19.5. The minimum absolute atomic E-state index is 0.0162. The SMILES string of the molecule is O=C(Cc1ccc(F)cc1Cl)N1CCC(c2noc(-c3ccncc3)n2)CC1. The maximum atomic E-state index is 13.2. The maximum absolute atomic E-state index is 13.2. The molecular formula is C20H18ClFN4O2. The fourth-order valence-corrected chi connectivity index (χ4v) is 3.57. The van der Waals surface area contributed by atoms with Gasteiger partial charge < -0.3 is 9.42 Å². The van der Waals surface area contributed by atoms with Crippen molar-refractivity contribution in [1.29, 1.82) is 0 Å². The third kappa shape index (κ3) is 4.04. The van der Waals surface area contributed by atoms with E-state index < -0.39 is 5.82 Å². The minimum Gasteiger partial charge on any atom is -0.342 e. The molecule has 0 aliphatic carbocycles. The Balaban J connectivity index is 1.35. The first-order valence-corrected chi connectivity index (χ1v) is 9.43. The van der Waals surface area contributed by atoms with Crippen molar-refractivity contribution in [3.05, 3.63) is 65.0 Å². The summed E-state index contributed by atoms with van der Waals surface area (Å²) in [6.07, 6.45) is 5.04. The summed E-state index contributed by atoms with van der Waals surface area (Å²) in [5.41, 5.74) is 1.47. The predicted molar refractivity (Wildman–Crippen MR) is 101 cm³/mol. The van der Waals surface area contributed by atoms with Crippen LogP contribution in [0.15, 0.2) is 47.2 Å². The van der Waals surface area contributed by atoms with Crippen LogP contribution in [0.5, 0.6) is 0 Å². The predicted octanol–water partition coefficient (Wildman–Crippen LogP) is 3.87. The molecule has 8 heteroatoms. The van der Waals surface area contributed by atoms with Crippen LogP contribution < -0.4 is 0 Å². The number of pyridine rings is 1. The second kappa shape index (κ2) is 8.06. The van der Waals surface area contributed by atoms with Gasteiger partial charge >= 0.3 is 0 Å². The molecular weight excluding hydrogens is 383 g/mol. The number of piperidine rings is 1. The van der Waals surface area contributed by atoms with Gasteiger partial charge in [-0.1, -0.05) is 22.8 Å². The van der Waals surface area contributed by atoms with Crippen molar-refractivity contribution in [3.63, 3.8) is 0 Å². The van der Waals surface area contributed by atoms with Crippen molar-refractivity contribution in [1.82, 2.24) is 20.0 Å². The van der Waals surface area contributed by atoms with Crippen molar-refractivity contribution >= 4 is 17.5 Å². The van der Waals surface area contributed by atoms with Gasteiger partial charge in [0.25, 0.3) is 5.89 Å². The van der Waals surface area contributed by atoms with Gasteiger partial charge in [0.1, 0.15) is 5.82 Å². The number of amides is 1. The molecule has 0 radical (unpaired) electrons. The number of rotatable bonds is 4. The zero-order valence-electron chi connectivity index (χ0n) is 15.0. The molecule has 1 aliphatic heterocycles. The molecule has 3 heterocycles. The highest BCUT2D eigenvalue weighted by molar-refractivity contribution is 6.31. The molecule has 1 fully saturated rings. The van der Waals surface area contributed by atoms with E-state index in [9.17, 15) is 9.18 Å². The number of hydrogen-bond acceptors (Lipinski definition) is 5. The Hall–Kier alpha value is -2.80. The van der Waals surface area contributed by atoms with Crippen LogP contribution in [0.25, 0.3) is 11.5 Å². The number of carbonyl (C=O) groups is 1. The zero-order valence-corrected chi connectivity index (χ0v) is 15.8. The normalized spacial score (nSPS) is 15.0. The van der Waals surface area contributed by atoms with Gasteiger partial charge in [0, 0.05) is 42.0 Å². The Morgan fingerprint density at radius 3 is 2.68 bits per heavy atom. The van der Waals surface area contributed by atoms with Crippen LogP contribution in [0.1, 0.15) is 30.1 Å². The average molecular weight is 401 g/mol. The topological polar surface area (TPSA) is 72.1 Å². The van der Waals surface area contributed by atoms with Crippen molar-refractivity contribution in [3.8, 4) is 11.5 Å². The Kier molecular flexibility index (Phi) is 5.34. The van der Waals surface area contributed by atoms with Gasteiger partial charge in [0.2, 0.25) is 5.91 Å². The first kappa shape index (κ1) is 18.6. The van der Waals surface area contributed by atoms with Gasteiger partial charge in [-0.05, 0) is 42.7 Å². The molecule has 1 amide bonds. The van der Waals surface area contributed by atoms with Gasteiger partial charge in [-0.25, -0.2) is 4.39 Å². The first-order chi connectivity index (χ1) is 13.6. The molecule has 3 aromatic rings. The Morgan fingerprint density at radius 1 is 1.21 bits per heavy atom. The van der Waals surface area contributed by atoms with Gasteiger partial charge in [0.05, 0.1) is 6.42 Å². The quantitative estimate of drug-likeness (QED) is 0.664. The van der Waals surface area contributed by atoms with Crippen LogP contribution in [0.2, 0.25) is 5.02 Å². The monoisotopic (exact) mass is 400 g/mol. The van der Waals surface area contributed by atoms with Crippen LogP contribution in [0.4, 0.5) is 4.39 Å². The summed E-state index contributed by atoms with van der Waals surface area (Å²) < 4.78 is 18.5. The summed E-state index contributed by atoms with van der Waals surface area (Å²) in [6, 6.07) is 7.74. The van der Waals surface area contributed by atoms with E-state index in [2.05, 4.69) is 15.1 Å². The van der Waals surface area contributed by atoms with Gasteiger partial charge in [-0.15, -0.1) is 0 Å².